The van der Waals surface area contributed by atoms with Crippen molar-refractivity contribution in [1.29, 1.82) is 0 Å². The molecule has 0 aliphatic heterocycles. The molecule has 0 saturated carbocycles. The Morgan fingerprint density at radius 2 is 1.88 bits per heavy atom. The number of rotatable bonds is 3. The number of nitrogens with zero attached hydrogens (tertiary/aromatic N) is 1. The summed E-state index contributed by atoms with van der Waals surface area (Å²) in [7, 11) is 0. The summed E-state index contributed by atoms with van der Waals surface area (Å²) < 4.78 is 13.8. The minimum Gasteiger partial charge on any atom is -0.363 e. The van der Waals surface area contributed by atoms with E-state index >= 15 is 0 Å². The summed E-state index contributed by atoms with van der Waals surface area (Å²) in [6, 6.07) is 16.1. The number of aromatic nitrogens is 2. The van der Waals surface area contributed by atoms with Crippen LogP contribution in [0, 0.1) is 5.82 Å². The topological polar surface area (TPSA) is 57.8 Å². The molecule has 25 heavy (non-hydrogen) atoms. The molecule has 4 nitrogen and oxygen atoms in total. The summed E-state index contributed by atoms with van der Waals surface area (Å²) in [5.74, 6) is 0.245. The molecule has 2 aromatic carbocycles. The maximum atomic E-state index is 13.8. The summed E-state index contributed by atoms with van der Waals surface area (Å²) in [6.45, 7) is 2.04. The lowest BCUT2D eigenvalue weighted by Crippen LogP contribution is -2.11. The van der Waals surface area contributed by atoms with E-state index < -0.39 is 0 Å². The van der Waals surface area contributed by atoms with Crippen LogP contribution < -0.4 is 10.9 Å². The molecule has 0 saturated heterocycles. The normalized spacial score (nSPS) is 12.4. The Labute approximate surface area is 143 Å². The Morgan fingerprint density at radius 3 is 2.68 bits per heavy atom. The van der Waals surface area contributed by atoms with Gasteiger partial charge in [0.05, 0.1) is 10.9 Å². The largest absolute Gasteiger partial charge is 0.363 e. The van der Waals surface area contributed by atoms with Crippen LogP contribution in [0.1, 0.15) is 18.5 Å². The number of fused-ring (bicyclic) bond motifs is 3. The first-order valence-corrected chi connectivity index (χ1v) is 8.05. The Balaban J connectivity index is 1.93. The van der Waals surface area contributed by atoms with Gasteiger partial charge in [0.25, 0.3) is 5.56 Å². The molecule has 0 aliphatic rings. The Hall–Kier alpha value is -3.21. The highest BCUT2D eigenvalue weighted by molar-refractivity contribution is 6.09. The van der Waals surface area contributed by atoms with Crippen molar-refractivity contribution >= 4 is 27.5 Å². The van der Waals surface area contributed by atoms with Crippen LogP contribution in [0.15, 0.2) is 65.6 Å². The highest BCUT2D eigenvalue weighted by Gasteiger charge is 2.14. The van der Waals surface area contributed by atoms with Crippen molar-refractivity contribution in [2.24, 2.45) is 0 Å². The molecule has 124 valence electrons. The van der Waals surface area contributed by atoms with Gasteiger partial charge in [-0.25, -0.2) is 9.37 Å². The van der Waals surface area contributed by atoms with Gasteiger partial charge in [-0.15, -0.1) is 0 Å². The molecule has 2 heterocycles. The number of aromatic amines is 1. The number of pyridine rings is 2. The van der Waals surface area contributed by atoms with Gasteiger partial charge >= 0.3 is 0 Å². The van der Waals surface area contributed by atoms with Crippen molar-refractivity contribution in [2.75, 3.05) is 5.32 Å². The van der Waals surface area contributed by atoms with Crippen molar-refractivity contribution in [3.8, 4) is 0 Å². The molecule has 0 spiro atoms. The Kier molecular flexibility index (Phi) is 3.69. The fraction of sp³-hybridized carbons (Fsp3) is 0.100. The molecule has 5 heteroatoms. The number of nitrogens with one attached hydrogen (secondary N) is 2. The van der Waals surface area contributed by atoms with E-state index in [4.69, 9.17) is 0 Å². The molecule has 4 rings (SSSR count). The summed E-state index contributed by atoms with van der Waals surface area (Å²) in [6.07, 6.45) is 1.55. The molecular formula is C20H16FN3O. The maximum absolute atomic E-state index is 13.8. The van der Waals surface area contributed by atoms with Gasteiger partial charge in [0.2, 0.25) is 0 Å². The quantitative estimate of drug-likeness (QED) is 0.547. The van der Waals surface area contributed by atoms with Crippen LogP contribution in [0.2, 0.25) is 0 Å². The van der Waals surface area contributed by atoms with Crippen LogP contribution >= 0.6 is 0 Å². The summed E-state index contributed by atoms with van der Waals surface area (Å²) in [4.78, 5) is 19.5. The lowest BCUT2D eigenvalue weighted by molar-refractivity contribution is 0.630. The number of benzene rings is 2. The van der Waals surface area contributed by atoms with Gasteiger partial charge in [0, 0.05) is 23.0 Å². The predicted octanol–water partition coefficient (Wildman–Crippen LogP) is 4.39. The van der Waals surface area contributed by atoms with Crippen LogP contribution in [0.4, 0.5) is 10.2 Å². The maximum Gasteiger partial charge on any atom is 0.258 e. The molecule has 0 unspecified atom stereocenters. The third kappa shape index (κ3) is 2.74. The lowest BCUT2D eigenvalue weighted by atomic mass is 10.1. The highest BCUT2D eigenvalue weighted by Crippen LogP contribution is 2.30. The average molecular weight is 333 g/mol. The first kappa shape index (κ1) is 15.3. The number of anilines is 1. The fourth-order valence-electron chi connectivity index (χ4n) is 3.07. The zero-order chi connectivity index (χ0) is 17.4. The number of hydrogen-bond acceptors (Lipinski definition) is 3. The van der Waals surface area contributed by atoms with Crippen LogP contribution in [0.3, 0.4) is 0 Å². The van der Waals surface area contributed by atoms with Gasteiger partial charge in [0.1, 0.15) is 11.6 Å². The van der Waals surface area contributed by atoms with Gasteiger partial charge in [-0.05, 0) is 36.8 Å². The van der Waals surface area contributed by atoms with Crippen molar-refractivity contribution < 1.29 is 4.39 Å². The summed E-state index contributed by atoms with van der Waals surface area (Å²) in [5.41, 5.74) is 1.37. The fourth-order valence-corrected chi connectivity index (χ4v) is 3.07. The molecule has 0 fully saturated rings. The van der Waals surface area contributed by atoms with E-state index in [1.807, 2.05) is 37.3 Å². The summed E-state index contributed by atoms with van der Waals surface area (Å²) in [5, 5.41) is 5.05. The molecule has 0 bridgehead atoms. The second-order valence-corrected chi connectivity index (χ2v) is 5.99. The van der Waals surface area contributed by atoms with Crippen molar-refractivity contribution in [1.82, 2.24) is 9.97 Å². The zero-order valence-corrected chi connectivity index (χ0v) is 13.6. The molecule has 2 aromatic heterocycles. The first-order valence-electron chi connectivity index (χ1n) is 8.05. The third-order valence-electron chi connectivity index (χ3n) is 4.33. The van der Waals surface area contributed by atoms with E-state index in [9.17, 15) is 9.18 Å². The highest BCUT2D eigenvalue weighted by atomic mass is 19.1. The van der Waals surface area contributed by atoms with Crippen LogP contribution in [0.5, 0.6) is 0 Å². The smallest absolute Gasteiger partial charge is 0.258 e. The van der Waals surface area contributed by atoms with Crippen LogP contribution in [-0.2, 0) is 0 Å². The van der Waals surface area contributed by atoms with Gasteiger partial charge in [-0.1, -0.05) is 30.3 Å². The van der Waals surface area contributed by atoms with Crippen molar-refractivity contribution in [3.63, 3.8) is 0 Å². The summed E-state index contributed by atoms with van der Waals surface area (Å²) >= 11 is 0. The predicted molar refractivity (Wildman–Crippen MR) is 98.3 cm³/mol. The molecular weight excluding hydrogens is 317 g/mol. The van der Waals surface area contributed by atoms with E-state index in [2.05, 4.69) is 15.3 Å². The van der Waals surface area contributed by atoms with Gasteiger partial charge < -0.3 is 10.3 Å². The Morgan fingerprint density at radius 1 is 1.08 bits per heavy atom. The SMILES string of the molecule is C[C@@H](Nc1nc2cc[nH]c(=O)c2c2cc(F)ccc12)c1ccccc1. The molecule has 4 aromatic rings. The first-order chi connectivity index (χ1) is 12.1. The van der Waals surface area contributed by atoms with E-state index in [1.54, 1.807) is 18.3 Å². The minimum absolute atomic E-state index is 0.0152. The molecule has 0 aliphatic carbocycles. The van der Waals surface area contributed by atoms with Gasteiger partial charge in [-0.3, -0.25) is 4.79 Å². The van der Waals surface area contributed by atoms with Crippen molar-refractivity contribution in [3.05, 3.63) is 82.5 Å². The molecule has 0 amide bonds. The lowest BCUT2D eigenvalue weighted by Gasteiger charge is -2.17. The minimum atomic E-state index is -0.384. The monoisotopic (exact) mass is 333 g/mol. The van der Waals surface area contributed by atoms with Crippen LogP contribution in [0.25, 0.3) is 21.7 Å². The van der Waals surface area contributed by atoms with Crippen LogP contribution in [-0.4, -0.2) is 9.97 Å². The van der Waals surface area contributed by atoms with E-state index in [-0.39, 0.29) is 17.4 Å². The molecule has 1 atom stereocenters. The molecule has 2 N–H and O–H groups in total. The van der Waals surface area contributed by atoms with E-state index in [0.29, 0.717) is 27.5 Å². The van der Waals surface area contributed by atoms with E-state index in [1.165, 1.54) is 12.1 Å². The Bertz CT molecular complexity index is 1120. The zero-order valence-electron chi connectivity index (χ0n) is 13.6. The second kappa shape index (κ2) is 6.02. The van der Waals surface area contributed by atoms with Gasteiger partial charge in [0.15, 0.2) is 0 Å². The third-order valence-corrected chi connectivity index (χ3v) is 4.33. The average Bonchev–Trinajstić information content (AvgIpc) is 2.62. The number of hydrogen-bond donors (Lipinski definition) is 2. The van der Waals surface area contributed by atoms with Crippen molar-refractivity contribution in [2.45, 2.75) is 13.0 Å². The second-order valence-electron chi connectivity index (χ2n) is 5.99. The van der Waals surface area contributed by atoms with Gasteiger partial charge in [-0.2, -0.15) is 0 Å². The number of H-pyrrole nitrogens is 1. The van der Waals surface area contributed by atoms with E-state index in [0.717, 1.165) is 5.56 Å². The molecule has 0 radical (unpaired) electrons. The number of halogens is 1. The standard InChI is InChI=1S/C20H16FN3O/c1-12(13-5-3-2-4-6-13)23-19-15-8-7-14(21)11-16(15)18-17(24-19)9-10-22-20(18)25/h2-12H,1H3,(H,22,25)(H,23,24)/t12-/m1/s1.